The van der Waals surface area contributed by atoms with Gasteiger partial charge in [0.25, 0.3) is 0 Å². The molecule has 0 aliphatic carbocycles. The molecule has 17 heavy (non-hydrogen) atoms. The Hall–Kier alpha value is -1.45. The number of benzene rings is 1. The molecule has 1 fully saturated rings. The van der Waals surface area contributed by atoms with Crippen molar-refractivity contribution >= 4 is 10.9 Å². The third-order valence-electron chi connectivity index (χ3n) is 3.52. The molecule has 1 aliphatic rings. The fourth-order valence-electron chi connectivity index (χ4n) is 2.48. The molecule has 1 aliphatic heterocycles. The van der Waals surface area contributed by atoms with Gasteiger partial charge in [0.2, 0.25) is 0 Å². The van der Waals surface area contributed by atoms with Gasteiger partial charge in [-0.2, -0.15) is 0 Å². The maximum Gasteiger partial charge on any atom is 0.0702 e. The van der Waals surface area contributed by atoms with Crippen LogP contribution >= 0.6 is 0 Å². The van der Waals surface area contributed by atoms with E-state index in [-0.39, 0.29) is 0 Å². The van der Waals surface area contributed by atoms with Gasteiger partial charge in [0.15, 0.2) is 0 Å². The number of piperazine rings is 1. The van der Waals surface area contributed by atoms with E-state index in [0.717, 1.165) is 25.2 Å². The van der Waals surface area contributed by atoms with E-state index < -0.39 is 0 Å². The predicted molar refractivity (Wildman–Crippen MR) is 70.0 cm³/mol. The lowest BCUT2D eigenvalue weighted by Gasteiger charge is -2.33. The van der Waals surface area contributed by atoms with Crippen LogP contribution in [0.5, 0.6) is 0 Å². The van der Waals surface area contributed by atoms with Gasteiger partial charge in [-0.3, -0.25) is 9.88 Å². The molecule has 2 aromatic rings. The number of fused-ring (bicyclic) bond motifs is 1. The van der Waals surface area contributed by atoms with E-state index in [2.05, 4.69) is 46.5 Å². The van der Waals surface area contributed by atoms with Crippen molar-refractivity contribution in [2.24, 2.45) is 0 Å². The molecule has 0 spiro atoms. The van der Waals surface area contributed by atoms with Crippen molar-refractivity contribution in [3.63, 3.8) is 0 Å². The summed E-state index contributed by atoms with van der Waals surface area (Å²) in [5.41, 5.74) is 2.45. The third kappa shape index (κ3) is 2.04. The highest BCUT2D eigenvalue weighted by Gasteiger charge is 2.20. The first kappa shape index (κ1) is 10.7. The highest BCUT2D eigenvalue weighted by molar-refractivity contribution is 5.79. The van der Waals surface area contributed by atoms with Crippen LogP contribution in [-0.2, 0) is 0 Å². The fourth-order valence-corrected chi connectivity index (χ4v) is 2.48. The zero-order chi connectivity index (χ0) is 11.7. The summed E-state index contributed by atoms with van der Waals surface area (Å²) in [5, 5.41) is 4.68. The van der Waals surface area contributed by atoms with Crippen LogP contribution in [0.15, 0.2) is 36.5 Å². The molecule has 0 saturated carbocycles. The van der Waals surface area contributed by atoms with Gasteiger partial charge in [-0.1, -0.05) is 12.1 Å². The van der Waals surface area contributed by atoms with Crippen molar-refractivity contribution in [2.75, 3.05) is 26.7 Å². The maximum atomic E-state index is 4.36. The van der Waals surface area contributed by atoms with Crippen molar-refractivity contribution in [2.45, 2.75) is 6.04 Å². The molecule has 1 saturated heterocycles. The Morgan fingerprint density at radius 1 is 1.35 bits per heavy atom. The minimum atomic E-state index is 0.480. The highest BCUT2D eigenvalue weighted by atomic mass is 15.2. The average molecular weight is 227 g/mol. The third-order valence-corrected chi connectivity index (χ3v) is 3.52. The number of rotatable bonds is 1. The van der Waals surface area contributed by atoms with E-state index >= 15 is 0 Å². The minimum absolute atomic E-state index is 0.480. The number of hydrogen-bond donors (Lipinski definition) is 1. The quantitative estimate of drug-likeness (QED) is 0.805. The largest absolute Gasteiger partial charge is 0.314 e. The van der Waals surface area contributed by atoms with E-state index in [1.54, 1.807) is 0 Å². The Bertz CT molecular complexity index is 524. The van der Waals surface area contributed by atoms with Gasteiger partial charge in [0.05, 0.1) is 5.52 Å². The van der Waals surface area contributed by atoms with Gasteiger partial charge in [0.1, 0.15) is 0 Å². The molecule has 1 aromatic heterocycles. The van der Waals surface area contributed by atoms with Crippen LogP contribution < -0.4 is 5.32 Å². The van der Waals surface area contributed by atoms with Crippen molar-refractivity contribution < 1.29 is 0 Å². The molecule has 1 N–H and O–H groups in total. The zero-order valence-corrected chi connectivity index (χ0v) is 10.1. The molecule has 0 radical (unpaired) electrons. The normalized spacial score (nSPS) is 21.8. The lowest BCUT2D eigenvalue weighted by atomic mass is 10.0. The van der Waals surface area contributed by atoms with E-state index in [1.165, 1.54) is 10.9 Å². The topological polar surface area (TPSA) is 28.2 Å². The molecule has 88 valence electrons. The molecule has 2 heterocycles. The Morgan fingerprint density at radius 3 is 3.18 bits per heavy atom. The second kappa shape index (κ2) is 4.43. The molecular formula is C14H17N3. The number of aromatic nitrogens is 1. The molecule has 1 atom stereocenters. The number of pyridine rings is 1. The van der Waals surface area contributed by atoms with Crippen molar-refractivity contribution in [1.29, 1.82) is 0 Å². The summed E-state index contributed by atoms with van der Waals surface area (Å²) >= 11 is 0. The molecule has 3 rings (SSSR count). The lowest BCUT2D eigenvalue weighted by Crippen LogP contribution is -2.43. The second-order valence-corrected chi connectivity index (χ2v) is 4.66. The van der Waals surface area contributed by atoms with Crippen LogP contribution in [0.2, 0.25) is 0 Å². The number of nitrogens with zero attached hydrogens (tertiary/aromatic N) is 2. The van der Waals surface area contributed by atoms with Gasteiger partial charge in [0, 0.05) is 37.3 Å². The predicted octanol–water partition coefficient (Wildman–Crippen LogP) is 1.81. The first-order chi connectivity index (χ1) is 8.34. The Kier molecular flexibility index (Phi) is 2.79. The van der Waals surface area contributed by atoms with Gasteiger partial charge in [-0.05, 0) is 30.8 Å². The van der Waals surface area contributed by atoms with E-state index in [1.807, 2.05) is 12.3 Å². The van der Waals surface area contributed by atoms with Gasteiger partial charge >= 0.3 is 0 Å². The summed E-state index contributed by atoms with van der Waals surface area (Å²) in [4.78, 5) is 6.77. The summed E-state index contributed by atoms with van der Waals surface area (Å²) in [6.07, 6.45) is 1.84. The first-order valence-corrected chi connectivity index (χ1v) is 6.10. The van der Waals surface area contributed by atoms with Gasteiger partial charge in [-0.25, -0.2) is 0 Å². The van der Waals surface area contributed by atoms with Crippen molar-refractivity contribution in [3.05, 3.63) is 42.1 Å². The summed E-state index contributed by atoms with van der Waals surface area (Å²) in [7, 11) is 2.19. The summed E-state index contributed by atoms with van der Waals surface area (Å²) in [6.45, 7) is 3.22. The Morgan fingerprint density at radius 2 is 2.29 bits per heavy atom. The Balaban J connectivity index is 1.99. The van der Waals surface area contributed by atoms with Gasteiger partial charge in [-0.15, -0.1) is 0 Å². The summed E-state index contributed by atoms with van der Waals surface area (Å²) < 4.78 is 0. The van der Waals surface area contributed by atoms with Crippen LogP contribution in [0.25, 0.3) is 10.9 Å². The number of nitrogens with one attached hydrogen (secondary N) is 1. The molecular weight excluding hydrogens is 210 g/mol. The zero-order valence-electron chi connectivity index (χ0n) is 10.1. The number of hydrogen-bond acceptors (Lipinski definition) is 3. The molecule has 1 unspecified atom stereocenters. The van der Waals surface area contributed by atoms with E-state index in [4.69, 9.17) is 0 Å². The standard InChI is InChI=1S/C14H17N3/c1-17-8-7-15-10-14(17)12-4-5-13-11(9-12)3-2-6-16-13/h2-6,9,14-15H,7-8,10H2,1H3. The van der Waals surface area contributed by atoms with Crippen LogP contribution in [0, 0.1) is 0 Å². The SMILES string of the molecule is CN1CCNCC1c1ccc2ncccc2c1. The fraction of sp³-hybridized carbons (Fsp3) is 0.357. The smallest absolute Gasteiger partial charge is 0.0702 e. The van der Waals surface area contributed by atoms with Gasteiger partial charge < -0.3 is 5.32 Å². The minimum Gasteiger partial charge on any atom is -0.314 e. The van der Waals surface area contributed by atoms with E-state index in [9.17, 15) is 0 Å². The average Bonchev–Trinajstić information content (AvgIpc) is 2.39. The van der Waals surface area contributed by atoms with Crippen LogP contribution in [0.4, 0.5) is 0 Å². The van der Waals surface area contributed by atoms with Crippen molar-refractivity contribution in [1.82, 2.24) is 15.2 Å². The lowest BCUT2D eigenvalue weighted by molar-refractivity contribution is 0.202. The van der Waals surface area contributed by atoms with Crippen LogP contribution in [-0.4, -0.2) is 36.6 Å². The van der Waals surface area contributed by atoms with Crippen LogP contribution in [0.3, 0.4) is 0 Å². The van der Waals surface area contributed by atoms with Crippen LogP contribution in [0.1, 0.15) is 11.6 Å². The van der Waals surface area contributed by atoms with E-state index in [0.29, 0.717) is 6.04 Å². The molecule has 0 amide bonds. The Labute approximate surface area is 101 Å². The maximum absolute atomic E-state index is 4.36. The highest BCUT2D eigenvalue weighted by Crippen LogP contribution is 2.23. The molecule has 1 aromatic carbocycles. The summed E-state index contributed by atoms with van der Waals surface area (Å²) in [5.74, 6) is 0. The molecule has 0 bridgehead atoms. The first-order valence-electron chi connectivity index (χ1n) is 6.10. The van der Waals surface area contributed by atoms with Crippen molar-refractivity contribution in [3.8, 4) is 0 Å². The summed E-state index contributed by atoms with van der Waals surface area (Å²) in [6, 6.07) is 11.2. The monoisotopic (exact) mass is 227 g/mol. The molecule has 3 nitrogen and oxygen atoms in total. The second-order valence-electron chi connectivity index (χ2n) is 4.66. The molecule has 3 heteroatoms. The number of likely N-dealkylation sites (N-methyl/N-ethyl adjacent to an activating group) is 1.